The summed E-state index contributed by atoms with van der Waals surface area (Å²) in [6.45, 7) is 3.21. The molecule has 6 heteroatoms. The Balaban J connectivity index is 1.34. The van der Waals surface area contributed by atoms with Crippen LogP contribution in [-0.4, -0.2) is 43.7 Å². The van der Waals surface area contributed by atoms with Gasteiger partial charge in [0.1, 0.15) is 0 Å². The largest absolute Gasteiger partial charge is 0.494 e. The number of likely N-dealkylation sites (tertiary alicyclic amines) is 1. The van der Waals surface area contributed by atoms with Crippen molar-refractivity contribution in [2.24, 2.45) is 0 Å². The van der Waals surface area contributed by atoms with Crippen LogP contribution in [0, 0.1) is 5.82 Å². The van der Waals surface area contributed by atoms with E-state index >= 15 is 0 Å². The zero-order chi connectivity index (χ0) is 19.8. The third-order valence-electron chi connectivity index (χ3n) is 5.66. The summed E-state index contributed by atoms with van der Waals surface area (Å²) < 4.78 is 18.8. The molecule has 28 heavy (non-hydrogen) atoms. The van der Waals surface area contributed by atoms with Gasteiger partial charge >= 0.3 is 6.03 Å². The maximum Gasteiger partial charge on any atom is 0.315 e. The highest BCUT2D eigenvalue weighted by Gasteiger charge is 2.21. The van der Waals surface area contributed by atoms with Crippen molar-refractivity contribution in [3.63, 3.8) is 0 Å². The first-order valence-corrected chi connectivity index (χ1v) is 10.4. The summed E-state index contributed by atoms with van der Waals surface area (Å²) in [5.74, 6) is -0.0466. The first-order valence-electron chi connectivity index (χ1n) is 10.4. The van der Waals surface area contributed by atoms with Crippen LogP contribution in [0.1, 0.15) is 50.5 Å². The Morgan fingerprint density at radius 3 is 2.79 bits per heavy atom. The van der Waals surface area contributed by atoms with Crippen molar-refractivity contribution < 1.29 is 13.9 Å². The Morgan fingerprint density at radius 2 is 2.11 bits per heavy atom. The first kappa shape index (κ1) is 20.6. The molecule has 1 saturated heterocycles. The van der Waals surface area contributed by atoms with E-state index in [4.69, 9.17) is 4.74 Å². The molecule has 0 saturated carbocycles. The van der Waals surface area contributed by atoms with Gasteiger partial charge in [-0.15, -0.1) is 0 Å². The summed E-state index contributed by atoms with van der Waals surface area (Å²) in [7, 11) is 1.47. The fourth-order valence-corrected chi connectivity index (χ4v) is 4.01. The second-order valence-corrected chi connectivity index (χ2v) is 7.78. The number of carbonyl (C=O) groups excluding carboxylic acids is 1. The summed E-state index contributed by atoms with van der Waals surface area (Å²) in [6.07, 6.45) is 10.1. The van der Waals surface area contributed by atoms with Gasteiger partial charge in [0, 0.05) is 32.2 Å². The van der Waals surface area contributed by atoms with Gasteiger partial charge in [-0.05, 0) is 62.6 Å². The number of hydrogen-bond donors (Lipinski definition) is 2. The number of nitrogens with zero attached hydrogens (tertiary/aromatic N) is 1. The van der Waals surface area contributed by atoms with Gasteiger partial charge in [-0.3, -0.25) is 4.90 Å². The molecule has 1 aromatic rings. The highest BCUT2D eigenvalue weighted by molar-refractivity contribution is 5.74. The maximum atomic E-state index is 13.8. The second kappa shape index (κ2) is 10.5. The standard InChI is InChI=1S/C22H32FN3O2/c1-28-21-8-7-18(15-20(21)23)16-26-13-10-19(11-14-26)25-22(27)24-12-9-17-5-3-2-4-6-17/h5,7-8,15,19H,2-4,6,9-14,16H2,1H3,(H2,24,25,27). The fourth-order valence-electron chi connectivity index (χ4n) is 4.01. The van der Waals surface area contributed by atoms with E-state index in [9.17, 15) is 9.18 Å². The number of allylic oxidation sites excluding steroid dienone is 1. The number of amides is 2. The number of hydrogen-bond acceptors (Lipinski definition) is 3. The van der Waals surface area contributed by atoms with Crippen molar-refractivity contribution >= 4 is 6.03 Å². The van der Waals surface area contributed by atoms with Crippen LogP contribution >= 0.6 is 0 Å². The van der Waals surface area contributed by atoms with Crippen LogP contribution in [-0.2, 0) is 6.54 Å². The number of halogens is 1. The lowest BCUT2D eigenvalue weighted by atomic mass is 9.97. The Morgan fingerprint density at radius 1 is 1.29 bits per heavy atom. The molecule has 1 aliphatic carbocycles. The number of piperidine rings is 1. The third kappa shape index (κ3) is 6.23. The monoisotopic (exact) mass is 389 g/mol. The molecule has 2 aliphatic rings. The van der Waals surface area contributed by atoms with Crippen molar-refractivity contribution in [3.8, 4) is 5.75 Å². The summed E-state index contributed by atoms with van der Waals surface area (Å²) in [5, 5.41) is 6.08. The Labute approximate surface area is 167 Å². The Bertz CT molecular complexity index is 684. The van der Waals surface area contributed by atoms with E-state index in [1.807, 2.05) is 6.07 Å². The van der Waals surface area contributed by atoms with Gasteiger partial charge in [-0.1, -0.05) is 17.7 Å². The van der Waals surface area contributed by atoms with Gasteiger partial charge in [0.05, 0.1) is 7.11 Å². The SMILES string of the molecule is COc1ccc(CN2CCC(NC(=O)NCCC3=CCCCC3)CC2)cc1F. The molecule has 0 radical (unpaired) electrons. The minimum atomic E-state index is -0.322. The molecule has 2 amide bonds. The first-order chi connectivity index (χ1) is 13.6. The molecule has 1 heterocycles. The van der Waals surface area contributed by atoms with Crippen molar-refractivity contribution in [2.75, 3.05) is 26.7 Å². The van der Waals surface area contributed by atoms with E-state index in [1.165, 1.54) is 38.4 Å². The Kier molecular flexibility index (Phi) is 7.71. The van der Waals surface area contributed by atoms with Crippen LogP contribution in [0.15, 0.2) is 29.8 Å². The average Bonchev–Trinajstić information content (AvgIpc) is 2.70. The minimum Gasteiger partial charge on any atom is -0.494 e. The normalized spacial score (nSPS) is 18.4. The molecule has 0 atom stereocenters. The highest BCUT2D eigenvalue weighted by Crippen LogP contribution is 2.21. The van der Waals surface area contributed by atoms with E-state index in [1.54, 1.807) is 12.1 Å². The molecule has 0 aromatic heterocycles. The summed E-state index contributed by atoms with van der Waals surface area (Å²) >= 11 is 0. The van der Waals surface area contributed by atoms with Gasteiger partial charge in [-0.2, -0.15) is 0 Å². The van der Waals surface area contributed by atoms with Crippen LogP contribution in [0.5, 0.6) is 5.75 Å². The van der Waals surface area contributed by atoms with E-state index in [2.05, 4.69) is 21.6 Å². The van der Waals surface area contributed by atoms with Crippen LogP contribution in [0.25, 0.3) is 0 Å². The topological polar surface area (TPSA) is 53.6 Å². The zero-order valence-electron chi connectivity index (χ0n) is 16.8. The average molecular weight is 390 g/mol. The highest BCUT2D eigenvalue weighted by atomic mass is 19.1. The number of methoxy groups -OCH3 is 1. The number of rotatable bonds is 7. The van der Waals surface area contributed by atoms with Gasteiger partial charge in [0.15, 0.2) is 11.6 Å². The van der Waals surface area contributed by atoms with Crippen molar-refractivity contribution in [1.29, 1.82) is 0 Å². The number of nitrogens with one attached hydrogen (secondary N) is 2. The molecule has 3 rings (SSSR count). The maximum absolute atomic E-state index is 13.8. The molecule has 5 nitrogen and oxygen atoms in total. The van der Waals surface area contributed by atoms with E-state index in [0.717, 1.165) is 44.5 Å². The summed E-state index contributed by atoms with van der Waals surface area (Å²) in [4.78, 5) is 14.4. The smallest absolute Gasteiger partial charge is 0.315 e. The molecular formula is C22H32FN3O2. The summed E-state index contributed by atoms with van der Waals surface area (Å²) in [5.41, 5.74) is 2.43. The summed E-state index contributed by atoms with van der Waals surface area (Å²) in [6, 6.07) is 5.26. The molecule has 154 valence electrons. The predicted molar refractivity (Wildman–Crippen MR) is 109 cm³/mol. The number of urea groups is 1. The zero-order valence-corrected chi connectivity index (χ0v) is 16.8. The minimum absolute atomic E-state index is 0.0629. The number of carbonyl (C=O) groups is 1. The third-order valence-corrected chi connectivity index (χ3v) is 5.66. The van der Waals surface area contributed by atoms with Gasteiger partial charge in [0.2, 0.25) is 0 Å². The van der Waals surface area contributed by atoms with Gasteiger partial charge < -0.3 is 15.4 Å². The van der Waals surface area contributed by atoms with Crippen LogP contribution in [0.4, 0.5) is 9.18 Å². The molecule has 0 bridgehead atoms. The van der Waals surface area contributed by atoms with Crippen molar-refractivity contribution in [2.45, 2.75) is 57.5 Å². The lowest BCUT2D eigenvalue weighted by Crippen LogP contribution is -2.47. The quantitative estimate of drug-likeness (QED) is 0.694. The number of ether oxygens (including phenoxy) is 1. The van der Waals surface area contributed by atoms with Crippen LogP contribution in [0.2, 0.25) is 0 Å². The van der Waals surface area contributed by atoms with E-state index in [-0.39, 0.29) is 23.6 Å². The van der Waals surface area contributed by atoms with Gasteiger partial charge in [-0.25, -0.2) is 9.18 Å². The van der Waals surface area contributed by atoms with Crippen molar-refractivity contribution in [1.82, 2.24) is 15.5 Å². The molecule has 1 aliphatic heterocycles. The van der Waals surface area contributed by atoms with E-state index < -0.39 is 0 Å². The lowest BCUT2D eigenvalue weighted by Gasteiger charge is -2.32. The van der Waals surface area contributed by atoms with Crippen molar-refractivity contribution in [3.05, 3.63) is 41.2 Å². The van der Waals surface area contributed by atoms with Gasteiger partial charge in [0.25, 0.3) is 0 Å². The molecule has 2 N–H and O–H groups in total. The molecule has 0 unspecified atom stereocenters. The van der Waals surface area contributed by atoms with Crippen LogP contribution < -0.4 is 15.4 Å². The molecule has 1 aromatic carbocycles. The number of benzene rings is 1. The molecular weight excluding hydrogens is 357 g/mol. The molecule has 0 spiro atoms. The van der Waals surface area contributed by atoms with E-state index in [0.29, 0.717) is 6.54 Å². The molecule has 1 fully saturated rings. The predicted octanol–water partition coefficient (Wildman–Crippen LogP) is 3.99. The van der Waals surface area contributed by atoms with Crippen LogP contribution in [0.3, 0.4) is 0 Å². The fraction of sp³-hybridized carbons (Fsp3) is 0.591. The lowest BCUT2D eigenvalue weighted by molar-refractivity contribution is 0.186. The second-order valence-electron chi connectivity index (χ2n) is 7.78. The Hall–Kier alpha value is -2.08.